The highest BCUT2D eigenvalue weighted by atomic mass is 16.7. The lowest BCUT2D eigenvalue weighted by atomic mass is 9.83. The Kier molecular flexibility index (Phi) is 9.85. The molecule has 1 aromatic carbocycles. The van der Waals surface area contributed by atoms with Gasteiger partial charge in [-0.3, -0.25) is 14.5 Å². The monoisotopic (exact) mass is 542 g/mol. The Bertz CT molecular complexity index is 1120. The smallest absolute Gasteiger partial charge is 0.308 e. The Balaban J connectivity index is 1.56. The molecule has 2 aliphatic rings. The molecule has 1 fully saturated rings. The van der Waals surface area contributed by atoms with Gasteiger partial charge in [0.15, 0.2) is 17.4 Å². The first-order valence-corrected chi connectivity index (χ1v) is 14.0. The molecule has 10 nitrogen and oxygen atoms in total. The minimum absolute atomic E-state index is 0.0506. The largest absolute Gasteiger partial charge is 0.481 e. The van der Waals surface area contributed by atoms with Crippen LogP contribution in [0.15, 0.2) is 28.8 Å². The number of aryl methyl sites for hydroxylation is 2. The maximum Gasteiger partial charge on any atom is 0.308 e. The third-order valence-electron chi connectivity index (χ3n) is 7.69. The summed E-state index contributed by atoms with van der Waals surface area (Å²) >= 11 is 0. The molecule has 0 saturated carbocycles. The molecule has 1 amide bonds. The molecule has 0 bridgehead atoms. The highest BCUT2D eigenvalue weighted by Crippen LogP contribution is 2.43. The fourth-order valence-corrected chi connectivity index (χ4v) is 5.68. The molecule has 2 aliphatic heterocycles. The highest BCUT2D eigenvalue weighted by molar-refractivity contribution is 5.79. The first-order valence-electron chi connectivity index (χ1n) is 14.0. The summed E-state index contributed by atoms with van der Waals surface area (Å²) in [6, 6.07) is 5.30. The normalized spacial score (nSPS) is 20.6. The van der Waals surface area contributed by atoms with Gasteiger partial charge in [-0.1, -0.05) is 19.4 Å². The van der Waals surface area contributed by atoms with Gasteiger partial charge in [-0.2, -0.15) is 0 Å². The van der Waals surface area contributed by atoms with Crippen LogP contribution in [0, 0.1) is 12.8 Å². The van der Waals surface area contributed by atoms with Crippen molar-refractivity contribution in [2.75, 3.05) is 53.6 Å². The summed E-state index contributed by atoms with van der Waals surface area (Å²) in [6.07, 6.45) is 5.55. The van der Waals surface area contributed by atoms with Crippen molar-refractivity contribution >= 4 is 11.9 Å². The number of oxazole rings is 1. The molecule has 39 heavy (non-hydrogen) atoms. The van der Waals surface area contributed by atoms with E-state index in [0.29, 0.717) is 49.9 Å². The van der Waals surface area contributed by atoms with Gasteiger partial charge in [0, 0.05) is 38.0 Å². The number of rotatable bonds is 14. The van der Waals surface area contributed by atoms with Crippen molar-refractivity contribution < 1.29 is 28.6 Å². The van der Waals surface area contributed by atoms with Crippen molar-refractivity contribution in [1.82, 2.24) is 19.7 Å². The molecule has 1 aromatic heterocycles. The summed E-state index contributed by atoms with van der Waals surface area (Å²) in [5.74, 6) is 0.805. The van der Waals surface area contributed by atoms with Crippen molar-refractivity contribution in [3.8, 4) is 11.5 Å². The first kappa shape index (κ1) is 28.9. The standard InChI is InChI=1S/C29H42N4O6/c1-5-6-13-32(14-7-12-31(3)4)27(34)18-33-17-22(21-8-10-24-25(15-21)38-19-37-24)28(29(35)36)23(33)9-11-26-30-16-20(2)39-26/h8,10,15-16,22-23,28H,5-7,9,11-14,17-19H2,1-4H3,(H,35,36). The number of hydrogen-bond donors (Lipinski definition) is 1. The van der Waals surface area contributed by atoms with Gasteiger partial charge in [0.25, 0.3) is 0 Å². The van der Waals surface area contributed by atoms with Crippen LogP contribution in [0.1, 0.15) is 55.7 Å². The van der Waals surface area contributed by atoms with E-state index < -0.39 is 11.9 Å². The number of amides is 1. The van der Waals surface area contributed by atoms with Crippen LogP contribution < -0.4 is 9.47 Å². The molecule has 1 saturated heterocycles. The molecular formula is C29H42N4O6. The van der Waals surface area contributed by atoms with E-state index in [0.717, 1.165) is 37.1 Å². The van der Waals surface area contributed by atoms with E-state index in [1.807, 2.05) is 44.1 Å². The summed E-state index contributed by atoms with van der Waals surface area (Å²) in [6.45, 7) is 7.09. The fourth-order valence-electron chi connectivity index (χ4n) is 5.68. The Labute approximate surface area is 230 Å². The number of nitrogens with zero attached hydrogens (tertiary/aromatic N) is 4. The van der Waals surface area contributed by atoms with E-state index in [1.165, 1.54) is 0 Å². The van der Waals surface area contributed by atoms with Crippen LogP contribution in [0.25, 0.3) is 0 Å². The van der Waals surface area contributed by atoms with Crippen LogP contribution >= 0.6 is 0 Å². The van der Waals surface area contributed by atoms with E-state index in [9.17, 15) is 14.7 Å². The van der Waals surface area contributed by atoms with Crippen molar-refractivity contribution in [2.45, 2.75) is 57.9 Å². The molecular weight excluding hydrogens is 500 g/mol. The average molecular weight is 543 g/mol. The molecule has 0 aliphatic carbocycles. The maximum absolute atomic E-state index is 13.6. The number of unbranched alkanes of at least 4 members (excludes halogenated alkanes) is 1. The Morgan fingerprint density at radius 1 is 1.13 bits per heavy atom. The highest BCUT2D eigenvalue weighted by Gasteiger charge is 2.47. The molecule has 3 unspecified atom stereocenters. The van der Waals surface area contributed by atoms with Crippen molar-refractivity contribution in [2.24, 2.45) is 5.92 Å². The number of carbonyl (C=O) groups is 2. The number of carbonyl (C=O) groups excluding carboxylic acids is 1. The van der Waals surface area contributed by atoms with E-state index in [2.05, 4.69) is 21.7 Å². The van der Waals surface area contributed by atoms with Gasteiger partial charge in [0.05, 0.1) is 18.7 Å². The molecule has 0 spiro atoms. The van der Waals surface area contributed by atoms with Crippen molar-refractivity contribution in [3.63, 3.8) is 0 Å². The molecule has 214 valence electrons. The molecule has 4 rings (SSSR count). The third-order valence-corrected chi connectivity index (χ3v) is 7.69. The summed E-state index contributed by atoms with van der Waals surface area (Å²) in [4.78, 5) is 36.8. The van der Waals surface area contributed by atoms with Crippen LogP contribution in [0.2, 0.25) is 0 Å². The summed E-state index contributed by atoms with van der Waals surface area (Å²) < 4.78 is 16.7. The third kappa shape index (κ3) is 7.30. The topological polar surface area (TPSA) is 109 Å². The Hall–Kier alpha value is -3.11. The molecule has 1 N–H and O–H groups in total. The minimum Gasteiger partial charge on any atom is -0.481 e. The predicted octanol–water partition coefficient (Wildman–Crippen LogP) is 3.39. The van der Waals surface area contributed by atoms with E-state index >= 15 is 0 Å². The van der Waals surface area contributed by atoms with Gasteiger partial charge in [-0.15, -0.1) is 0 Å². The number of hydrogen-bond acceptors (Lipinski definition) is 8. The lowest BCUT2D eigenvalue weighted by molar-refractivity contribution is -0.143. The number of carboxylic acids is 1. The van der Waals surface area contributed by atoms with Crippen LogP contribution in [-0.2, 0) is 16.0 Å². The minimum atomic E-state index is -0.866. The molecule has 3 heterocycles. The second kappa shape index (κ2) is 13.3. The van der Waals surface area contributed by atoms with Gasteiger partial charge < -0.3 is 28.8 Å². The molecule has 2 aromatic rings. The van der Waals surface area contributed by atoms with Crippen LogP contribution in [0.4, 0.5) is 0 Å². The molecule has 10 heteroatoms. The maximum atomic E-state index is 13.6. The summed E-state index contributed by atoms with van der Waals surface area (Å²) in [5, 5.41) is 10.4. The van der Waals surface area contributed by atoms with Crippen LogP contribution in [0.5, 0.6) is 11.5 Å². The number of likely N-dealkylation sites (tertiary alicyclic amines) is 1. The van der Waals surface area contributed by atoms with E-state index in [4.69, 9.17) is 13.9 Å². The Morgan fingerprint density at radius 2 is 1.90 bits per heavy atom. The SMILES string of the molecule is CCCCN(CCCN(C)C)C(=O)CN1CC(c2ccc3c(c2)OCO3)C(C(=O)O)C1CCc1ncc(C)o1. The lowest BCUT2D eigenvalue weighted by Crippen LogP contribution is -2.45. The number of carboxylic acid groups (broad SMARTS) is 1. The fraction of sp³-hybridized carbons (Fsp3) is 0.621. The zero-order valence-corrected chi connectivity index (χ0v) is 23.6. The second-order valence-corrected chi connectivity index (χ2v) is 10.9. The second-order valence-electron chi connectivity index (χ2n) is 10.9. The first-order chi connectivity index (χ1) is 18.8. The van der Waals surface area contributed by atoms with Gasteiger partial charge in [0.2, 0.25) is 12.7 Å². The van der Waals surface area contributed by atoms with Crippen LogP contribution in [-0.4, -0.2) is 96.3 Å². The van der Waals surface area contributed by atoms with Gasteiger partial charge in [-0.05, 0) is 64.5 Å². The van der Waals surface area contributed by atoms with Crippen molar-refractivity contribution in [1.29, 1.82) is 0 Å². The quantitative estimate of drug-likeness (QED) is 0.384. The number of fused-ring (bicyclic) bond motifs is 1. The molecule has 3 atom stereocenters. The van der Waals surface area contributed by atoms with Crippen LogP contribution in [0.3, 0.4) is 0 Å². The number of aromatic nitrogens is 1. The molecule has 0 radical (unpaired) electrons. The number of aliphatic carboxylic acids is 1. The lowest BCUT2D eigenvalue weighted by Gasteiger charge is -2.30. The summed E-state index contributed by atoms with van der Waals surface area (Å²) in [7, 11) is 4.06. The summed E-state index contributed by atoms with van der Waals surface area (Å²) in [5.41, 5.74) is 0.882. The zero-order valence-electron chi connectivity index (χ0n) is 23.6. The Morgan fingerprint density at radius 3 is 2.59 bits per heavy atom. The predicted molar refractivity (Wildman–Crippen MR) is 146 cm³/mol. The van der Waals surface area contributed by atoms with Gasteiger partial charge >= 0.3 is 5.97 Å². The number of ether oxygens (including phenoxy) is 2. The number of benzene rings is 1. The zero-order chi connectivity index (χ0) is 27.9. The van der Waals surface area contributed by atoms with Gasteiger partial charge in [-0.25, -0.2) is 4.98 Å². The average Bonchev–Trinajstić information content (AvgIpc) is 3.62. The van der Waals surface area contributed by atoms with E-state index in [1.54, 1.807) is 6.20 Å². The van der Waals surface area contributed by atoms with Gasteiger partial charge in [0.1, 0.15) is 5.76 Å². The van der Waals surface area contributed by atoms with E-state index in [-0.39, 0.29) is 31.2 Å². The van der Waals surface area contributed by atoms with Crippen molar-refractivity contribution in [3.05, 3.63) is 41.6 Å².